The molecule has 0 aromatic rings. The lowest BCUT2D eigenvalue weighted by Crippen LogP contribution is -1.84. The normalized spacial score (nSPS) is 11.4. The molecule has 0 unspecified atom stereocenters. The molecule has 2 aliphatic rings. The standard InChI is InChI=1S/C15H17F/c1-9(2)12-6-5-10(3)15-13(8-12)11(4)7-14(15)16/h5-9H,1-4H3. The van der Waals surface area contributed by atoms with E-state index in [0.717, 1.165) is 22.3 Å². The molecular formula is C15H17F. The van der Waals surface area contributed by atoms with Crippen molar-refractivity contribution in [1.29, 1.82) is 0 Å². The highest BCUT2D eigenvalue weighted by Gasteiger charge is 2.15. The van der Waals surface area contributed by atoms with Crippen LogP contribution in [0.2, 0.25) is 0 Å². The minimum atomic E-state index is -0.101. The quantitative estimate of drug-likeness (QED) is 0.649. The lowest BCUT2D eigenvalue weighted by atomic mass is 10.0. The van der Waals surface area contributed by atoms with E-state index in [0.29, 0.717) is 5.92 Å². The first kappa shape index (κ1) is 11.1. The Kier molecular flexibility index (Phi) is 2.71. The highest BCUT2D eigenvalue weighted by atomic mass is 19.1. The van der Waals surface area contributed by atoms with Crippen LogP contribution in [0, 0.1) is 19.7 Å². The van der Waals surface area contributed by atoms with E-state index in [1.165, 1.54) is 5.56 Å². The summed E-state index contributed by atoms with van der Waals surface area (Å²) in [6.07, 6.45) is 0. The van der Waals surface area contributed by atoms with Crippen molar-refractivity contribution in [2.75, 3.05) is 0 Å². The number of rotatable bonds is 1. The summed E-state index contributed by atoms with van der Waals surface area (Å²) in [6.45, 7) is 8.25. The number of aryl methyl sites for hydroxylation is 2. The molecule has 0 N–H and O–H groups in total. The minimum absolute atomic E-state index is 0.101. The molecule has 0 heterocycles. The van der Waals surface area contributed by atoms with Crippen molar-refractivity contribution in [1.82, 2.24) is 0 Å². The van der Waals surface area contributed by atoms with Crippen molar-refractivity contribution in [3.63, 3.8) is 0 Å². The summed E-state index contributed by atoms with van der Waals surface area (Å²) in [5, 5.41) is 0. The summed E-state index contributed by atoms with van der Waals surface area (Å²) in [4.78, 5) is 0. The Hall–Kier alpha value is -1.37. The Morgan fingerprint density at radius 3 is 2.31 bits per heavy atom. The summed E-state index contributed by atoms with van der Waals surface area (Å²) >= 11 is 0. The second-order valence-corrected chi connectivity index (χ2v) is 4.78. The van der Waals surface area contributed by atoms with Crippen molar-refractivity contribution in [3.8, 4) is 11.1 Å². The van der Waals surface area contributed by atoms with Gasteiger partial charge in [-0.05, 0) is 48.1 Å². The first-order valence-electron chi connectivity index (χ1n) is 5.70. The van der Waals surface area contributed by atoms with Gasteiger partial charge in [0.25, 0.3) is 0 Å². The Balaban J connectivity index is 2.77. The third kappa shape index (κ3) is 1.71. The van der Waals surface area contributed by atoms with E-state index in [1.807, 2.05) is 19.9 Å². The molecule has 0 nitrogen and oxygen atoms in total. The van der Waals surface area contributed by atoms with Gasteiger partial charge >= 0.3 is 0 Å². The number of fused-ring (bicyclic) bond motifs is 1. The van der Waals surface area contributed by atoms with Crippen molar-refractivity contribution in [3.05, 3.63) is 46.8 Å². The lowest BCUT2D eigenvalue weighted by Gasteiger charge is -2.03. The van der Waals surface area contributed by atoms with Gasteiger partial charge in [0.15, 0.2) is 0 Å². The maximum atomic E-state index is 13.8. The highest BCUT2D eigenvalue weighted by Crippen LogP contribution is 2.34. The fraction of sp³-hybridized carbons (Fsp3) is 0.333. The van der Waals surface area contributed by atoms with E-state index >= 15 is 0 Å². The molecule has 2 aliphatic carbocycles. The zero-order chi connectivity index (χ0) is 11.9. The topological polar surface area (TPSA) is 0 Å². The molecule has 0 bridgehead atoms. The summed E-state index contributed by atoms with van der Waals surface area (Å²) in [5.41, 5.74) is 5.10. The summed E-state index contributed by atoms with van der Waals surface area (Å²) in [6, 6.07) is 7.85. The molecule has 0 spiro atoms. The van der Waals surface area contributed by atoms with Crippen LogP contribution in [-0.2, 0) is 0 Å². The first-order chi connectivity index (χ1) is 7.50. The molecule has 0 amide bonds. The van der Waals surface area contributed by atoms with Gasteiger partial charge in [-0.3, -0.25) is 0 Å². The van der Waals surface area contributed by atoms with E-state index in [1.54, 1.807) is 6.07 Å². The molecule has 16 heavy (non-hydrogen) atoms. The van der Waals surface area contributed by atoms with Crippen LogP contribution < -0.4 is 0 Å². The van der Waals surface area contributed by atoms with Crippen LogP contribution >= 0.6 is 0 Å². The fourth-order valence-corrected chi connectivity index (χ4v) is 2.13. The van der Waals surface area contributed by atoms with Crippen LogP contribution in [0.4, 0.5) is 4.39 Å². The predicted octanol–water partition coefficient (Wildman–Crippen LogP) is 4.67. The Labute approximate surface area is 96.5 Å². The molecule has 1 heteroatoms. The zero-order valence-corrected chi connectivity index (χ0v) is 10.3. The van der Waals surface area contributed by atoms with Crippen LogP contribution in [-0.4, -0.2) is 0 Å². The molecular weight excluding hydrogens is 199 g/mol. The highest BCUT2D eigenvalue weighted by molar-refractivity contribution is 5.74. The van der Waals surface area contributed by atoms with Gasteiger partial charge in [0.2, 0.25) is 0 Å². The molecule has 0 aromatic heterocycles. The van der Waals surface area contributed by atoms with Gasteiger partial charge in [0, 0.05) is 5.56 Å². The van der Waals surface area contributed by atoms with Gasteiger partial charge in [0.05, 0.1) is 0 Å². The van der Waals surface area contributed by atoms with E-state index in [-0.39, 0.29) is 5.82 Å². The maximum absolute atomic E-state index is 13.8. The average Bonchev–Trinajstić information content (AvgIpc) is 2.39. The second-order valence-electron chi connectivity index (χ2n) is 4.78. The monoisotopic (exact) mass is 216 g/mol. The van der Waals surface area contributed by atoms with Gasteiger partial charge in [-0.15, -0.1) is 0 Å². The van der Waals surface area contributed by atoms with E-state index in [4.69, 9.17) is 0 Å². The molecule has 0 radical (unpaired) electrons. The molecule has 2 rings (SSSR count). The summed E-state index contributed by atoms with van der Waals surface area (Å²) in [7, 11) is 0. The van der Waals surface area contributed by atoms with Gasteiger partial charge in [0.1, 0.15) is 5.82 Å². The van der Waals surface area contributed by atoms with Crippen molar-refractivity contribution in [2.45, 2.75) is 33.6 Å². The Morgan fingerprint density at radius 1 is 1.00 bits per heavy atom. The molecule has 0 atom stereocenters. The van der Waals surface area contributed by atoms with Crippen molar-refractivity contribution in [2.24, 2.45) is 0 Å². The van der Waals surface area contributed by atoms with Gasteiger partial charge in [-0.1, -0.05) is 32.0 Å². The van der Waals surface area contributed by atoms with Gasteiger partial charge in [-0.25, -0.2) is 4.39 Å². The van der Waals surface area contributed by atoms with Crippen LogP contribution in [0.5, 0.6) is 0 Å². The Morgan fingerprint density at radius 2 is 1.69 bits per heavy atom. The average molecular weight is 216 g/mol. The predicted molar refractivity (Wildman–Crippen MR) is 66.6 cm³/mol. The van der Waals surface area contributed by atoms with Gasteiger partial charge < -0.3 is 0 Å². The van der Waals surface area contributed by atoms with Crippen molar-refractivity contribution >= 4 is 0 Å². The SMILES string of the molecule is Cc1cc(F)c2c(C)ccc(C(C)C)cc1-2. The smallest absolute Gasteiger partial charge is 0.131 e. The fourth-order valence-electron chi connectivity index (χ4n) is 2.13. The molecule has 0 fully saturated rings. The van der Waals surface area contributed by atoms with E-state index in [2.05, 4.69) is 26.0 Å². The molecule has 0 saturated carbocycles. The number of hydrogen-bond acceptors (Lipinski definition) is 0. The molecule has 0 aliphatic heterocycles. The summed E-state index contributed by atoms with van der Waals surface area (Å²) < 4.78 is 13.8. The van der Waals surface area contributed by atoms with Crippen LogP contribution in [0.1, 0.15) is 36.5 Å². The first-order valence-corrected chi connectivity index (χ1v) is 5.70. The minimum Gasteiger partial charge on any atom is -0.206 e. The lowest BCUT2D eigenvalue weighted by molar-refractivity contribution is 0.634. The maximum Gasteiger partial charge on any atom is 0.131 e. The molecule has 0 aromatic carbocycles. The number of hydrogen-bond donors (Lipinski definition) is 0. The van der Waals surface area contributed by atoms with Crippen LogP contribution in [0.15, 0.2) is 24.3 Å². The van der Waals surface area contributed by atoms with E-state index < -0.39 is 0 Å². The van der Waals surface area contributed by atoms with E-state index in [9.17, 15) is 4.39 Å². The largest absolute Gasteiger partial charge is 0.206 e. The molecule has 0 saturated heterocycles. The zero-order valence-electron chi connectivity index (χ0n) is 10.3. The third-order valence-corrected chi connectivity index (χ3v) is 3.17. The molecule has 84 valence electrons. The van der Waals surface area contributed by atoms with Crippen LogP contribution in [0.3, 0.4) is 0 Å². The number of halogens is 1. The Bertz CT molecular complexity index is 497. The second kappa shape index (κ2) is 3.89. The van der Waals surface area contributed by atoms with Crippen molar-refractivity contribution < 1.29 is 4.39 Å². The van der Waals surface area contributed by atoms with Gasteiger partial charge in [-0.2, -0.15) is 0 Å². The third-order valence-electron chi connectivity index (χ3n) is 3.17. The summed E-state index contributed by atoms with van der Waals surface area (Å²) in [5.74, 6) is 0.364. The van der Waals surface area contributed by atoms with Crippen LogP contribution in [0.25, 0.3) is 11.1 Å².